The van der Waals surface area contributed by atoms with Gasteiger partial charge in [-0.25, -0.2) is 8.78 Å². The Morgan fingerprint density at radius 3 is 2.42 bits per heavy atom. The van der Waals surface area contributed by atoms with Crippen molar-refractivity contribution >= 4 is 11.6 Å². The van der Waals surface area contributed by atoms with Crippen LogP contribution < -0.4 is 16.4 Å². The van der Waals surface area contributed by atoms with E-state index in [-0.39, 0.29) is 18.8 Å². The first-order valence-electron chi connectivity index (χ1n) is 6.10. The molecule has 1 unspecified atom stereocenters. The number of rotatable bonds is 3. The van der Waals surface area contributed by atoms with Crippen molar-refractivity contribution in [2.45, 2.75) is 19.9 Å². The molecule has 0 spiro atoms. The third-order valence-electron chi connectivity index (χ3n) is 3.70. The molecular weight excluding hydrogens is 252 g/mol. The molecule has 4 N–H and O–H groups in total. The lowest BCUT2D eigenvalue weighted by Gasteiger charge is -2.23. The number of primary amides is 1. The molecule has 1 amide bonds. The van der Waals surface area contributed by atoms with Gasteiger partial charge in [-0.05, 0) is 31.0 Å². The van der Waals surface area contributed by atoms with E-state index in [2.05, 4.69) is 0 Å². The van der Waals surface area contributed by atoms with Gasteiger partial charge < -0.3 is 16.4 Å². The van der Waals surface area contributed by atoms with Gasteiger partial charge in [-0.2, -0.15) is 0 Å². The van der Waals surface area contributed by atoms with Gasteiger partial charge in [0.1, 0.15) is 17.3 Å². The first-order valence-corrected chi connectivity index (χ1v) is 6.10. The number of hydrogen-bond donors (Lipinski definition) is 2. The Morgan fingerprint density at radius 2 is 2.00 bits per heavy atom. The second-order valence-electron chi connectivity index (χ2n) is 5.21. The van der Waals surface area contributed by atoms with Gasteiger partial charge in [0.05, 0.1) is 5.41 Å². The van der Waals surface area contributed by atoms with E-state index in [0.717, 1.165) is 0 Å². The molecule has 1 aromatic rings. The average Bonchev–Trinajstić information content (AvgIpc) is 2.72. The lowest BCUT2D eigenvalue weighted by Crippen LogP contribution is -2.37. The topological polar surface area (TPSA) is 72.4 Å². The molecule has 1 fully saturated rings. The van der Waals surface area contributed by atoms with Gasteiger partial charge in [0.2, 0.25) is 5.91 Å². The van der Waals surface area contributed by atoms with Crippen LogP contribution in [0.1, 0.15) is 18.9 Å². The summed E-state index contributed by atoms with van der Waals surface area (Å²) in [6, 6.07) is 2.44. The zero-order chi connectivity index (χ0) is 14.2. The average molecular weight is 269 g/mol. The molecule has 0 bridgehead atoms. The number of halogens is 2. The summed E-state index contributed by atoms with van der Waals surface area (Å²) in [6.45, 7) is 2.40. The van der Waals surface area contributed by atoms with Gasteiger partial charge in [0, 0.05) is 19.6 Å². The highest BCUT2D eigenvalue weighted by Crippen LogP contribution is 2.35. The number of carbonyl (C=O) groups excluding carboxylic acids is 1. The molecule has 6 heteroatoms. The van der Waals surface area contributed by atoms with E-state index in [1.54, 1.807) is 6.92 Å². The number of anilines is 1. The molecular formula is C13H17F2N3O. The van der Waals surface area contributed by atoms with Crippen molar-refractivity contribution in [3.63, 3.8) is 0 Å². The van der Waals surface area contributed by atoms with Crippen molar-refractivity contribution in [3.8, 4) is 0 Å². The molecule has 104 valence electrons. The Labute approximate surface area is 110 Å². The quantitative estimate of drug-likeness (QED) is 0.864. The fraction of sp³-hybridized carbons (Fsp3) is 0.462. The summed E-state index contributed by atoms with van der Waals surface area (Å²) in [5, 5.41) is 0. The first kappa shape index (κ1) is 13.7. The number of amides is 1. The predicted molar refractivity (Wildman–Crippen MR) is 68.4 cm³/mol. The summed E-state index contributed by atoms with van der Waals surface area (Å²) < 4.78 is 27.9. The van der Waals surface area contributed by atoms with Crippen LogP contribution in [-0.4, -0.2) is 19.0 Å². The zero-order valence-electron chi connectivity index (χ0n) is 10.7. The maximum atomic E-state index is 13.9. The maximum Gasteiger partial charge on any atom is 0.225 e. The number of hydrogen-bond acceptors (Lipinski definition) is 3. The van der Waals surface area contributed by atoms with E-state index in [1.807, 2.05) is 0 Å². The Hall–Kier alpha value is -1.69. The van der Waals surface area contributed by atoms with Crippen molar-refractivity contribution in [1.29, 1.82) is 0 Å². The molecule has 1 atom stereocenters. The third kappa shape index (κ3) is 2.40. The Balaban J connectivity index is 2.32. The minimum atomic E-state index is -0.745. The Morgan fingerprint density at radius 1 is 1.42 bits per heavy atom. The number of nitrogens with zero attached hydrogens (tertiary/aromatic N) is 1. The minimum absolute atomic E-state index is 0.0765. The van der Waals surface area contributed by atoms with Crippen LogP contribution in [0.25, 0.3) is 0 Å². The predicted octanol–water partition coefficient (Wildman–Crippen LogP) is 1.13. The van der Waals surface area contributed by atoms with Crippen LogP contribution in [0.3, 0.4) is 0 Å². The van der Waals surface area contributed by atoms with E-state index in [9.17, 15) is 13.6 Å². The molecule has 1 aliphatic rings. The molecule has 1 aliphatic heterocycles. The largest absolute Gasteiger partial charge is 0.369 e. The highest BCUT2D eigenvalue weighted by atomic mass is 19.1. The second-order valence-corrected chi connectivity index (χ2v) is 5.21. The number of nitrogens with two attached hydrogens (primary N) is 2. The van der Waals surface area contributed by atoms with E-state index in [1.165, 1.54) is 17.0 Å². The molecule has 2 rings (SSSR count). The van der Waals surface area contributed by atoms with Gasteiger partial charge in [0.25, 0.3) is 0 Å². The van der Waals surface area contributed by atoms with Gasteiger partial charge in [-0.3, -0.25) is 4.79 Å². The van der Waals surface area contributed by atoms with Crippen molar-refractivity contribution in [2.75, 3.05) is 18.0 Å². The molecule has 1 saturated heterocycles. The van der Waals surface area contributed by atoms with E-state index in [4.69, 9.17) is 11.5 Å². The van der Waals surface area contributed by atoms with Crippen molar-refractivity contribution in [2.24, 2.45) is 16.9 Å². The fourth-order valence-corrected chi connectivity index (χ4v) is 2.39. The van der Waals surface area contributed by atoms with Crippen LogP contribution in [0.4, 0.5) is 14.5 Å². The number of benzene rings is 1. The van der Waals surface area contributed by atoms with E-state index < -0.39 is 23.0 Å². The van der Waals surface area contributed by atoms with Crippen molar-refractivity contribution in [1.82, 2.24) is 0 Å². The fourth-order valence-electron chi connectivity index (χ4n) is 2.39. The van der Waals surface area contributed by atoms with Crippen LogP contribution >= 0.6 is 0 Å². The van der Waals surface area contributed by atoms with Gasteiger partial charge >= 0.3 is 0 Å². The monoisotopic (exact) mass is 269 g/mol. The first-order chi connectivity index (χ1) is 8.87. The lowest BCUT2D eigenvalue weighted by atomic mass is 9.89. The highest BCUT2D eigenvalue weighted by molar-refractivity contribution is 5.82. The van der Waals surface area contributed by atoms with Crippen LogP contribution in [-0.2, 0) is 11.3 Å². The second kappa shape index (κ2) is 4.77. The summed E-state index contributed by atoms with van der Waals surface area (Å²) >= 11 is 0. The van der Waals surface area contributed by atoms with Crippen LogP contribution in [0, 0.1) is 17.0 Å². The molecule has 4 nitrogen and oxygen atoms in total. The summed E-state index contributed by atoms with van der Waals surface area (Å²) in [4.78, 5) is 12.9. The molecule has 1 aromatic carbocycles. The Bertz CT molecular complexity index is 498. The van der Waals surface area contributed by atoms with Crippen molar-refractivity contribution < 1.29 is 13.6 Å². The number of carbonyl (C=O) groups is 1. The highest BCUT2D eigenvalue weighted by Gasteiger charge is 2.40. The summed E-state index contributed by atoms with van der Waals surface area (Å²) in [7, 11) is 0. The molecule has 0 aliphatic carbocycles. The molecule has 19 heavy (non-hydrogen) atoms. The Kier molecular flexibility index (Phi) is 3.45. The summed E-state index contributed by atoms with van der Waals surface area (Å²) in [5.74, 6) is -1.77. The summed E-state index contributed by atoms with van der Waals surface area (Å²) in [5.41, 5.74) is 10.2. The molecule has 0 saturated carbocycles. The molecule has 1 heterocycles. The van der Waals surface area contributed by atoms with E-state index in [0.29, 0.717) is 18.5 Å². The van der Waals surface area contributed by atoms with Gasteiger partial charge in [-0.1, -0.05) is 0 Å². The third-order valence-corrected chi connectivity index (χ3v) is 3.70. The van der Waals surface area contributed by atoms with E-state index >= 15 is 0 Å². The smallest absolute Gasteiger partial charge is 0.225 e. The van der Waals surface area contributed by atoms with Crippen LogP contribution in [0.5, 0.6) is 0 Å². The van der Waals surface area contributed by atoms with Crippen LogP contribution in [0.15, 0.2) is 12.1 Å². The summed E-state index contributed by atoms with van der Waals surface area (Å²) in [6.07, 6.45) is 0.486. The molecule has 0 aromatic heterocycles. The van der Waals surface area contributed by atoms with Gasteiger partial charge in [-0.15, -0.1) is 0 Å². The van der Waals surface area contributed by atoms with Crippen molar-refractivity contribution in [3.05, 3.63) is 29.3 Å². The zero-order valence-corrected chi connectivity index (χ0v) is 10.7. The standard InChI is InChI=1S/C13H17F2N3O/c1-13(12(17)19)2-3-18(7-13)11-9(14)4-8(6-16)5-10(11)15/h4-5H,2-3,6-7,16H2,1H3,(H2,17,19). The lowest BCUT2D eigenvalue weighted by molar-refractivity contribution is -0.125. The van der Waals surface area contributed by atoms with Crippen LogP contribution in [0.2, 0.25) is 0 Å². The van der Waals surface area contributed by atoms with Gasteiger partial charge in [0.15, 0.2) is 0 Å². The SMILES string of the molecule is CC1(C(N)=O)CCN(c2c(F)cc(CN)cc2F)C1. The minimum Gasteiger partial charge on any atom is -0.369 e. The maximum absolute atomic E-state index is 13.9. The normalized spacial score (nSPS) is 22.8. The molecule has 0 radical (unpaired) electrons.